The first-order chi connectivity index (χ1) is 9.34. The Balaban J connectivity index is 1.57. The van der Waals surface area contributed by atoms with Gasteiger partial charge in [0, 0.05) is 6.20 Å². The highest BCUT2D eigenvalue weighted by Crippen LogP contribution is 2.26. The summed E-state index contributed by atoms with van der Waals surface area (Å²) >= 11 is 1.77. The van der Waals surface area contributed by atoms with E-state index in [0.717, 1.165) is 17.4 Å². The first-order valence-corrected chi connectivity index (χ1v) is 8.24. The summed E-state index contributed by atoms with van der Waals surface area (Å²) in [6.45, 7) is 0.531. The molecule has 1 amide bonds. The fraction of sp³-hybridized carbons (Fsp3) is 0.600. The van der Waals surface area contributed by atoms with Crippen molar-refractivity contribution in [1.82, 2.24) is 10.3 Å². The van der Waals surface area contributed by atoms with Gasteiger partial charge in [0.25, 0.3) is 0 Å². The molecule has 1 saturated carbocycles. The molecule has 0 aromatic carbocycles. The van der Waals surface area contributed by atoms with Crippen molar-refractivity contribution in [3.63, 3.8) is 0 Å². The Labute approximate surface area is 119 Å². The van der Waals surface area contributed by atoms with Crippen molar-refractivity contribution in [2.45, 2.75) is 38.6 Å². The lowest BCUT2D eigenvalue weighted by molar-refractivity contribution is -0.118. The number of thioether (sulfide) groups is 1. The second-order valence-electron chi connectivity index (χ2n) is 5.12. The quantitative estimate of drug-likeness (QED) is 0.869. The van der Waals surface area contributed by atoms with Gasteiger partial charge < -0.3 is 5.32 Å². The summed E-state index contributed by atoms with van der Waals surface area (Å²) in [7, 11) is 0. The number of hydrogen-bond acceptors (Lipinski definition) is 3. The minimum absolute atomic E-state index is 0.117. The molecule has 0 aliphatic heterocycles. The van der Waals surface area contributed by atoms with Gasteiger partial charge in [-0.25, -0.2) is 0 Å². The smallest absolute Gasteiger partial charge is 0.230 e. The van der Waals surface area contributed by atoms with Gasteiger partial charge >= 0.3 is 0 Å². The SMILES string of the molecule is O=C(CSCC1CCCCC1)NCc1ccccn1. The molecule has 0 bridgehead atoms. The van der Waals surface area contributed by atoms with E-state index >= 15 is 0 Å². The first kappa shape index (κ1) is 14.4. The Kier molecular flexibility index (Phi) is 6.21. The third-order valence-electron chi connectivity index (χ3n) is 3.50. The van der Waals surface area contributed by atoms with Gasteiger partial charge in [-0.1, -0.05) is 25.3 Å². The molecule has 0 atom stereocenters. The molecule has 104 valence electrons. The normalized spacial score (nSPS) is 16.2. The third-order valence-corrected chi connectivity index (χ3v) is 4.68. The molecule has 1 aliphatic carbocycles. The first-order valence-electron chi connectivity index (χ1n) is 7.09. The van der Waals surface area contributed by atoms with E-state index in [2.05, 4.69) is 10.3 Å². The van der Waals surface area contributed by atoms with Gasteiger partial charge in [0.15, 0.2) is 0 Å². The van der Waals surface area contributed by atoms with Gasteiger partial charge in [-0.15, -0.1) is 0 Å². The number of rotatable bonds is 6. The number of amides is 1. The molecule has 1 fully saturated rings. The number of carbonyl (C=O) groups is 1. The van der Waals surface area contributed by atoms with Crippen molar-refractivity contribution < 1.29 is 4.79 Å². The summed E-state index contributed by atoms with van der Waals surface area (Å²) in [5.74, 6) is 2.66. The molecule has 0 unspecified atom stereocenters. The monoisotopic (exact) mass is 278 g/mol. The van der Waals surface area contributed by atoms with Crippen LogP contribution in [0.4, 0.5) is 0 Å². The average Bonchev–Trinajstić information content (AvgIpc) is 2.47. The number of nitrogens with zero attached hydrogens (tertiary/aromatic N) is 1. The zero-order valence-corrected chi connectivity index (χ0v) is 12.1. The minimum atomic E-state index is 0.117. The van der Waals surface area contributed by atoms with E-state index in [1.54, 1.807) is 18.0 Å². The fourth-order valence-corrected chi connectivity index (χ4v) is 3.49. The van der Waals surface area contributed by atoms with Crippen LogP contribution in [0.3, 0.4) is 0 Å². The van der Waals surface area contributed by atoms with Crippen molar-refractivity contribution in [1.29, 1.82) is 0 Å². The molecule has 0 saturated heterocycles. The average molecular weight is 278 g/mol. The minimum Gasteiger partial charge on any atom is -0.350 e. The second kappa shape index (κ2) is 8.20. The van der Waals surface area contributed by atoms with Crippen molar-refractivity contribution in [3.05, 3.63) is 30.1 Å². The van der Waals surface area contributed by atoms with Gasteiger partial charge in [0.05, 0.1) is 18.0 Å². The lowest BCUT2D eigenvalue weighted by Crippen LogP contribution is -2.25. The van der Waals surface area contributed by atoms with E-state index < -0.39 is 0 Å². The topological polar surface area (TPSA) is 42.0 Å². The Bertz CT molecular complexity index is 377. The van der Waals surface area contributed by atoms with Crippen molar-refractivity contribution >= 4 is 17.7 Å². The number of nitrogens with one attached hydrogen (secondary N) is 1. The van der Waals surface area contributed by atoms with Crippen LogP contribution in [0.1, 0.15) is 37.8 Å². The van der Waals surface area contributed by atoms with E-state index in [4.69, 9.17) is 0 Å². The van der Waals surface area contributed by atoms with E-state index in [1.807, 2.05) is 18.2 Å². The fourth-order valence-electron chi connectivity index (χ4n) is 2.41. The summed E-state index contributed by atoms with van der Waals surface area (Å²) in [5, 5.41) is 2.91. The zero-order valence-electron chi connectivity index (χ0n) is 11.3. The highest BCUT2D eigenvalue weighted by atomic mass is 32.2. The Hall–Kier alpha value is -1.03. The van der Waals surface area contributed by atoms with Crippen LogP contribution in [-0.2, 0) is 11.3 Å². The van der Waals surface area contributed by atoms with E-state index in [1.165, 1.54) is 32.1 Å². The third kappa shape index (κ3) is 5.64. The predicted molar refractivity (Wildman–Crippen MR) is 80.0 cm³/mol. The highest BCUT2D eigenvalue weighted by molar-refractivity contribution is 7.99. The second-order valence-corrected chi connectivity index (χ2v) is 6.15. The molecule has 3 nitrogen and oxygen atoms in total. The maximum atomic E-state index is 11.7. The summed E-state index contributed by atoms with van der Waals surface area (Å²) in [5.41, 5.74) is 0.910. The van der Waals surface area contributed by atoms with E-state index in [-0.39, 0.29) is 5.91 Å². The summed E-state index contributed by atoms with van der Waals surface area (Å²) in [4.78, 5) is 15.9. The van der Waals surface area contributed by atoms with E-state index in [9.17, 15) is 4.79 Å². The molecule has 4 heteroatoms. The molecule has 1 aliphatic rings. The van der Waals surface area contributed by atoms with Crippen molar-refractivity contribution in [3.8, 4) is 0 Å². The van der Waals surface area contributed by atoms with Gasteiger partial charge in [0.1, 0.15) is 0 Å². The number of hydrogen-bond donors (Lipinski definition) is 1. The molecular formula is C15H22N2OS. The Morgan fingerprint density at radius 3 is 2.89 bits per heavy atom. The van der Waals surface area contributed by atoms with Crippen molar-refractivity contribution in [2.75, 3.05) is 11.5 Å². The van der Waals surface area contributed by atoms with Crippen LogP contribution in [0.15, 0.2) is 24.4 Å². The summed E-state index contributed by atoms with van der Waals surface area (Å²) < 4.78 is 0. The Morgan fingerprint density at radius 2 is 2.16 bits per heavy atom. The molecule has 2 rings (SSSR count). The molecule has 1 aromatic heterocycles. The van der Waals surface area contributed by atoms with Gasteiger partial charge in [-0.2, -0.15) is 11.8 Å². The summed E-state index contributed by atoms with van der Waals surface area (Å²) in [6, 6.07) is 5.74. The summed E-state index contributed by atoms with van der Waals surface area (Å²) in [6.07, 6.45) is 8.59. The Morgan fingerprint density at radius 1 is 1.32 bits per heavy atom. The largest absolute Gasteiger partial charge is 0.350 e. The van der Waals surface area contributed by atoms with E-state index in [0.29, 0.717) is 12.3 Å². The van der Waals surface area contributed by atoms with Gasteiger partial charge in [-0.05, 0) is 36.6 Å². The molecule has 0 spiro atoms. The molecular weight excluding hydrogens is 256 g/mol. The molecule has 1 N–H and O–H groups in total. The van der Waals surface area contributed by atoms with Gasteiger partial charge in [-0.3, -0.25) is 9.78 Å². The maximum Gasteiger partial charge on any atom is 0.230 e. The van der Waals surface area contributed by atoms with Gasteiger partial charge in [0.2, 0.25) is 5.91 Å². The standard InChI is InChI=1S/C15H22N2OS/c18-15(17-10-14-8-4-5-9-16-14)12-19-11-13-6-2-1-3-7-13/h4-5,8-9,13H,1-3,6-7,10-12H2,(H,17,18). The van der Waals surface area contributed by atoms with Crippen LogP contribution in [0.2, 0.25) is 0 Å². The number of carbonyl (C=O) groups excluding carboxylic acids is 1. The molecule has 1 aromatic rings. The molecule has 1 heterocycles. The number of pyridine rings is 1. The lowest BCUT2D eigenvalue weighted by Gasteiger charge is -2.20. The van der Waals surface area contributed by atoms with Crippen LogP contribution >= 0.6 is 11.8 Å². The molecule has 0 radical (unpaired) electrons. The van der Waals surface area contributed by atoms with Crippen LogP contribution in [0.25, 0.3) is 0 Å². The van der Waals surface area contributed by atoms with Crippen LogP contribution in [0, 0.1) is 5.92 Å². The maximum absolute atomic E-state index is 11.7. The van der Waals surface area contributed by atoms with Crippen LogP contribution in [0.5, 0.6) is 0 Å². The predicted octanol–water partition coefficient (Wildman–Crippen LogP) is 3.01. The lowest BCUT2D eigenvalue weighted by atomic mass is 9.91. The molecule has 19 heavy (non-hydrogen) atoms. The van der Waals surface area contributed by atoms with Crippen molar-refractivity contribution in [2.24, 2.45) is 5.92 Å². The number of aromatic nitrogens is 1. The zero-order chi connectivity index (χ0) is 13.3. The van der Waals surface area contributed by atoms with Crippen LogP contribution in [-0.4, -0.2) is 22.4 Å². The van der Waals surface area contributed by atoms with Crippen LogP contribution < -0.4 is 5.32 Å². The highest BCUT2D eigenvalue weighted by Gasteiger charge is 2.13.